The molecule has 5 nitrogen and oxygen atoms in total. The zero-order chi connectivity index (χ0) is 16.7. The fourth-order valence-electron chi connectivity index (χ4n) is 3.04. The molecule has 4 rings (SSSR count). The standard InChI is InChI=1S/C18H16BrN3O2/c1-23-15-8-10-7-12-17(11(10)9-16(15)24-2)21-22-18(12)20-14-6-4-3-5-13(14)19/h3-6,8-9H,7H2,1-2H3,(H2,20,21,22). The number of nitrogens with one attached hydrogen (secondary N) is 2. The average molecular weight is 386 g/mol. The smallest absolute Gasteiger partial charge is 0.161 e. The number of methoxy groups -OCH3 is 2. The highest BCUT2D eigenvalue weighted by molar-refractivity contribution is 9.10. The minimum absolute atomic E-state index is 0.721. The van der Waals surface area contributed by atoms with Gasteiger partial charge in [0.25, 0.3) is 0 Å². The SMILES string of the molecule is COc1cc2c(cc1OC)-c1[nH]nc(Nc3ccccc3Br)c1C2. The van der Waals surface area contributed by atoms with E-state index in [1.165, 1.54) is 5.56 Å². The van der Waals surface area contributed by atoms with Gasteiger partial charge in [-0.15, -0.1) is 0 Å². The molecule has 0 bridgehead atoms. The first-order chi connectivity index (χ1) is 11.7. The summed E-state index contributed by atoms with van der Waals surface area (Å²) in [6.07, 6.45) is 0.800. The lowest BCUT2D eigenvalue weighted by Crippen LogP contribution is -1.96. The number of aromatic amines is 1. The number of rotatable bonds is 4. The van der Waals surface area contributed by atoms with Crippen LogP contribution in [0.5, 0.6) is 11.5 Å². The Bertz CT molecular complexity index is 921. The molecule has 2 N–H and O–H groups in total. The van der Waals surface area contributed by atoms with E-state index in [0.29, 0.717) is 0 Å². The summed E-state index contributed by atoms with van der Waals surface area (Å²) in [4.78, 5) is 0. The van der Waals surface area contributed by atoms with Crippen LogP contribution in [-0.4, -0.2) is 24.4 Å². The second kappa shape index (κ2) is 5.87. The van der Waals surface area contributed by atoms with Gasteiger partial charge >= 0.3 is 0 Å². The van der Waals surface area contributed by atoms with Crippen LogP contribution in [0.1, 0.15) is 11.1 Å². The lowest BCUT2D eigenvalue weighted by Gasteiger charge is -2.10. The number of para-hydroxylation sites is 1. The van der Waals surface area contributed by atoms with Gasteiger partial charge in [0.2, 0.25) is 0 Å². The third kappa shape index (κ3) is 2.34. The van der Waals surface area contributed by atoms with Gasteiger partial charge in [-0.25, -0.2) is 0 Å². The van der Waals surface area contributed by atoms with Crippen molar-refractivity contribution in [2.45, 2.75) is 6.42 Å². The summed E-state index contributed by atoms with van der Waals surface area (Å²) in [5.41, 5.74) is 5.47. The Hall–Kier alpha value is -2.47. The van der Waals surface area contributed by atoms with Crippen LogP contribution >= 0.6 is 15.9 Å². The second-order valence-corrected chi connectivity index (χ2v) is 6.43. The first-order valence-corrected chi connectivity index (χ1v) is 8.34. The zero-order valence-electron chi connectivity index (χ0n) is 13.3. The van der Waals surface area contributed by atoms with Crippen molar-refractivity contribution in [3.63, 3.8) is 0 Å². The quantitative estimate of drug-likeness (QED) is 0.542. The number of aromatic nitrogens is 2. The lowest BCUT2D eigenvalue weighted by atomic mass is 10.1. The monoisotopic (exact) mass is 385 g/mol. The molecule has 2 aromatic carbocycles. The van der Waals surface area contributed by atoms with Crippen molar-refractivity contribution in [2.24, 2.45) is 0 Å². The fraction of sp³-hybridized carbons (Fsp3) is 0.167. The zero-order valence-corrected chi connectivity index (χ0v) is 14.9. The highest BCUT2D eigenvalue weighted by Crippen LogP contribution is 2.44. The molecular weight excluding hydrogens is 370 g/mol. The lowest BCUT2D eigenvalue weighted by molar-refractivity contribution is 0.355. The Morgan fingerprint density at radius 1 is 1.12 bits per heavy atom. The first-order valence-electron chi connectivity index (χ1n) is 7.55. The molecule has 1 aliphatic carbocycles. The van der Waals surface area contributed by atoms with Gasteiger partial charge in [-0.3, -0.25) is 5.10 Å². The van der Waals surface area contributed by atoms with Crippen LogP contribution < -0.4 is 14.8 Å². The van der Waals surface area contributed by atoms with Crippen LogP contribution in [0.4, 0.5) is 11.5 Å². The van der Waals surface area contributed by atoms with E-state index in [-0.39, 0.29) is 0 Å². The first kappa shape index (κ1) is 15.1. The number of anilines is 2. The Labute approximate surface area is 148 Å². The highest BCUT2D eigenvalue weighted by atomic mass is 79.9. The van der Waals surface area contributed by atoms with Gasteiger partial charge in [-0.1, -0.05) is 12.1 Å². The summed E-state index contributed by atoms with van der Waals surface area (Å²) >= 11 is 3.56. The Balaban J connectivity index is 1.73. The molecule has 0 amide bonds. The van der Waals surface area contributed by atoms with Crippen LogP contribution in [0.15, 0.2) is 40.9 Å². The summed E-state index contributed by atoms with van der Waals surface area (Å²) < 4.78 is 11.8. The van der Waals surface area contributed by atoms with E-state index < -0.39 is 0 Å². The highest BCUT2D eigenvalue weighted by Gasteiger charge is 2.26. The van der Waals surface area contributed by atoms with Crippen molar-refractivity contribution >= 4 is 27.4 Å². The minimum Gasteiger partial charge on any atom is -0.493 e. The van der Waals surface area contributed by atoms with Crippen molar-refractivity contribution < 1.29 is 9.47 Å². The summed E-state index contributed by atoms with van der Waals surface area (Å²) in [6.45, 7) is 0. The third-order valence-corrected chi connectivity index (χ3v) is 4.93. The number of hydrogen-bond acceptors (Lipinski definition) is 4. The van der Waals surface area contributed by atoms with E-state index >= 15 is 0 Å². The number of nitrogens with zero attached hydrogens (tertiary/aromatic N) is 1. The number of ether oxygens (including phenoxy) is 2. The normalized spacial score (nSPS) is 11.8. The van der Waals surface area contributed by atoms with Gasteiger partial charge in [0.1, 0.15) is 0 Å². The van der Waals surface area contributed by atoms with Crippen LogP contribution in [-0.2, 0) is 6.42 Å². The molecule has 0 saturated carbocycles. The molecule has 0 spiro atoms. The van der Waals surface area contributed by atoms with Crippen LogP contribution in [0, 0.1) is 0 Å². The summed E-state index contributed by atoms with van der Waals surface area (Å²) in [5, 5.41) is 11.0. The summed E-state index contributed by atoms with van der Waals surface area (Å²) in [5.74, 6) is 2.31. The average Bonchev–Trinajstić information content (AvgIpc) is 3.15. The number of benzene rings is 2. The molecular formula is C18H16BrN3O2. The third-order valence-electron chi connectivity index (χ3n) is 4.24. The summed E-state index contributed by atoms with van der Waals surface area (Å²) in [6, 6.07) is 12.0. The van der Waals surface area contributed by atoms with Crippen molar-refractivity contribution in [1.29, 1.82) is 0 Å². The van der Waals surface area contributed by atoms with Gasteiger partial charge in [-0.05, 0) is 45.8 Å². The molecule has 3 aromatic rings. The van der Waals surface area contributed by atoms with Gasteiger partial charge in [0.05, 0.1) is 25.6 Å². The van der Waals surface area contributed by atoms with Crippen LogP contribution in [0.3, 0.4) is 0 Å². The van der Waals surface area contributed by atoms with E-state index in [0.717, 1.165) is 50.7 Å². The minimum atomic E-state index is 0.721. The predicted molar refractivity (Wildman–Crippen MR) is 97.4 cm³/mol. The maximum Gasteiger partial charge on any atom is 0.161 e. The van der Waals surface area contributed by atoms with E-state index in [1.807, 2.05) is 36.4 Å². The molecule has 1 aliphatic rings. The van der Waals surface area contributed by atoms with Crippen molar-refractivity contribution in [1.82, 2.24) is 10.2 Å². The largest absolute Gasteiger partial charge is 0.493 e. The van der Waals surface area contributed by atoms with Gasteiger partial charge in [0, 0.05) is 22.0 Å². The number of H-pyrrole nitrogens is 1. The molecule has 0 aliphatic heterocycles. The van der Waals surface area contributed by atoms with E-state index in [1.54, 1.807) is 14.2 Å². The van der Waals surface area contributed by atoms with Crippen LogP contribution in [0.2, 0.25) is 0 Å². The molecule has 0 atom stereocenters. The van der Waals surface area contributed by atoms with Gasteiger partial charge in [0.15, 0.2) is 17.3 Å². The predicted octanol–water partition coefficient (Wildman–Crippen LogP) is 4.50. The fourth-order valence-corrected chi connectivity index (χ4v) is 3.43. The van der Waals surface area contributed by atoms with Crippen molar-refractivity contribution in [2.75, 3.05) is 19.5 Å². The molecule has 1 aromatic heterocycles. The topological polar surface area (TPSA) is 59.2 Å². The van der Waals surface area contributed by atoms with Crippen molar-refractivity contribution in [3.05, 3.63) is 52.0 Å². The molecule has 0 saturated heterocycles. The molecule has 0 unspecified atom stereocenters. The second-order valence-electron chi connectivity index (χ2n) is 5.57. The molecule has 6 heteroatoms. The van der Waals surface area contributed by atoms with E-state index in [4.69, 9.17) is 9.47 Å². The molecule has 0 fully saturated rings. The Morgan fingerprint density at radius 2 is 1.88 bits per heavy atom. The number of fused-ring (bicyclic) bond motifs is 3. The molecule has 0 radical (unpaired) electrons. The van der Waals surface area contributed by atoms with Crippen LogP contribution in [0.25, 0.3) is 11.3 Å². The van der Waals surface area contributed by atoms with E-state index in [2.05, 4.69) is 31.4 Å². The van der Waals surface area contributed by atoms with E-state index in [9.17, 15) is 0 Å². The van der Waals surface area contributed by atoms with Crippen molar-refractivity contribution in [3.8, 4) is 22.8 Å². The number of halogens is 1. The van der Waals surface area contributed by atoms with Gasteiger partial charge in [-0.2, -0.15) is 5.10 Å². The Morgan fingerprint density at radius 3 is 2.62 bits per heavy atom. The Kier molecular flexibility index (Phi) is 3.69. The maximum atomic E-state index is 5.41. The number of hydrogen-bond donors (Lipinski definition) is 2. The van der Waals surface area contributed by atoms with Gasteiger partial charge < -0.3 is 14.8 Å². The maximum absolute atomic E-state index is 5.41. The molecule has 122 valence electrons. The summed E-state index contributed by atoms with van der Waals surface area (Å²) in [7, 11) is 3.30. The molecule has 24 heavy (non-hydrogen) atoms. The molecule has 1 heterocycles.